The zero-order valence-electron chi connectivity index (χ0n) is 14.4. The van der Waals surface area contributed by atoms with E-state index in [9.17, 15) is 4.79 Å². The summed E-state index contributed by atoms with van der Waals surface area (Å²) < 4.78 is 11.5. The lowest BCUT2D eigenvalue weighted by atomic mass is 10.1. The second kappa shape index (κ2) is 7.13. The highest BCUT2D eigenvalue weighted by atomic mass is 16.5. The molecular weight excluding hydrogens is 332 g/mol. The van der Waals surface area contributed by atoms with Gasteiger partial charge in [0.1, 0.15) is 11.9 Å². The number of hydrogen-bond acceptors (Lipinski definition) is 5. The molecule has 1 aromatic carbocycles. The van der Waals surface area contributed by atoms with Crippen LogP contribution in [0.1, 0.15) is 25.1 Å². The van der Waals surface area contributed by atoms with Gasteiger partial charge in [-0.15, -0.1) is 0 Å². The molecule has 1 amide bonds. The largest absolute Gasteiger partial charge is 0.479 e. The van der Waals surface area contributed by atoms with Crippen LogP contribution in [0.5, 0.6) is 5.75 Å². The zero-order valence-corrected chi connectivity index (χ0v) is 14.4. The molecular formula is C19H20N4O3. The molecule has 7 nitrogen and oxygen atoms in total. The van der Waals surface area contributed by atoms with Gasteiger partial charge in [-0.2, -0.15) is 5.10 Å². The number of benzene rings is 1. The van der Waals surface area contributed by atoms with Crippen molar-refractivity contribution in [3.05, 3.63) is 54.5 Å². The van der Waals surface area contributed by atoms with E-state index in [4.69, 9.17) is 9.47 Å². The molecule has 4 rings (SSSR count). The summed E-state index contributed by atoms with van der Waals surface area (Å²) in [6, 6.07) is 11.4. The molecule has 0 unspecified atom stereocenters. The predicted octanol–water partition coefficient (Wildman–Crippen LogP) is 2.37. The van der Waals surface area contributed by atoms with Crippen LogP contribution in [0, 0.1) is 0 Å². The fraction of sp³-hybridized carbons (Fsp3) is 0.316. The number of amides is 1. The highest BCUT2D eigenvalue weighted by molar-refractivity contribution is 5.82. The van der Waals surface area contributed by atoms with Gasteiger partial charge in [-0.3, -0.25) is 14.9 Å². The lowest BCUT2D eigenvalue weighted by molar-refractivity contribution is -0.128. The Morgan fingerprint density at radius 2 is 2.27 bits per heavy atom. The van der Waals surface area contributed by atoms with Gasteiger partial charge < -0.3 is 14.8 Å². The van der Waals surface area contributed by atoms with E-state index in [-0.39, 0.29) is 18.1 Å². The molecule has 0 radical (unpaired) electrons. The van der Waals surface area contributed by atoms with Crippen molar-refractivity contribution in [1.82, 2.24) is 20.5 Å². The second-order valence-electron chi connectivity index (χ2n) is 6.33. The van der Waals surface area contributed by atoms with Gasteiger partial charge in [-0.1, -0.05) is 18.2 Å². The minimum absolute atomic E-state index is 0.108. The van der Waals surface area contributed by atoms with Crippen LogP contribution in [-0.4, -0.2) is 39.8 Å². The van der Waals surface area contributed by atoms with E-state index >= 15 is 0 Å². The van der Waals surface area contributed by atoms with Crippen LogP contribution in [0.4, 0.5) is 0 Å². The number of aromatic amines is 1. The molecule has 26 heavy (non-hydrogen) atoms. The van der Waals surface area contributed by atoms with Crippen molar-refractivity contribution in [3.63, 3.8) is 0 Å². The molecule has 0 spiro atoms. The van der Waals surface area contributed by atoms with Crippen molar-refractivity contribution in [2.24, 2.45) is 0 Å². The number of pyridine rings is 1. The molecule has 1 aliphatic rings. The van der Waals surface area contributed by atoms with Gasteiger partial charge in [0.05, 0.1) is 23.4 Å². The first-order valence-corrected chi connectivity index (χ1v) is 8.63. The molecule has 3 atom stereocenters. The van der Waals surface area contributed by atoms with Crippen LogP contribution in [0.3, 0.4) is 0 Å². The van der Waals surface area contributed by atoms with Crippen LogP contribution < -0.4 is 10.1 Å². The molecule has 1 aliphatic heterocycles. The van der Waals surface area contributed by atoms with E-state index < -0.39 is 6.10 Å². The topological polar surface area (TPSA) is 89.1 Å². The van der Waals surface area contributed by atoms with E-state index in [0.29, 0.717) is 12.4 Å². The molecule has 1 fully saturated rings. The number of rotatable bonds is 5. The van der Waals surface area contributed by atoms with Gasteiger partial charge in [-0.05, 0) is 31.5 Å². The van der Waals surface area contributed by atoms with Crippen molar-refractivity contribution in [2.75, 3.05) is 6.61 Å². The van der Waals surface area contributed by atoms with E-state index in [1.54, 1.807) is 19.3 Å². The van der Waals surface area contributed by atoms with Gasteiger partial charge in [0.2, 0.25) is 0 Å². The summed E-state index contributed by atoms with van der Waals surface area (Å²) in [7, 11) is 0. The molecule has 0 aliphatic carbocycles. The summed E-state index contributed by atoms with van der Waals surface area (Å²) in [6.07, 6.45) is 3.21. The van der Waals surface area contributed by atoms with Crippen molar-refractivity contribution in [3.8, 4) is 5.75 Å². The van der Waals surface area contributed by atoms with Crippen LogP contribution in [-0.2, 0) is 9.53 Å². The summed E-state index contributed by atoms with van der Waals surface area (Å²) in [4.78, 5) is 16.9. The lowest BCUT2D eigenvalue weighted by Crippen LogP contribution is -2.43. The molecule has 3 heterocycles. The number of carbonyl (C=O) groups excluding carboxylic acids is 1. The highest BCUT2D eigenvalue weighted by Gasteiger charge is 2.33. The predicted molar refractivity (Wildman–Crippen MR) is 95.7 cm³/mol. The standard InChI is InChI=1S/C19H20N4O3/c1-12(26-14-10-13-4-2-3-5-15(13)20-11-14)19(24)22-16-7-9-25-18(16)17-6-8-21-23-17/h2-6,8,10-12,16,18H,7,9H2,1H3,(H,21,23)(H,22,24)/t12-,16+,18+/m0/s1. The molecule has 2 N–H and O–H groups in total. The third-order valence-electron chi connectivity index (χ3n) is 4.50. The van der Waals surface area contributed by atoms with Gasteiger partial charge >= 0.3 is 0 Å². The fourth-order valence-electron chi connectivity index (χ4n) is 3.14. The van der Waals surface area contributed by atoms with E-state index in [1.165, 1.54) is 0 Å². The minimum Gasteiger partial charge on any atom is -0.479 e. The number of para-hydroxylation sites is 1. The first-order valence-electron chi connectivity index (χ1n) is 8.63. The summed E-state index contributed by atoms with van der Waals surface area (Å²) in [5, 5.41) is 10.8. The smallest absolute Gasteiger partial charge is 0.261 e. The van der Waals surface area contributed by atoms with Crippen LogP contribution >= 0.6 is 0 Å². The van der Waals surface area contributed by atoms with Crippen LogP contribution in [0.25, 0.3) is 10.9 Å². The maximum Gasteiger partial charge on any atom is 0.261 e. The molecule has 7 heteroatoms. The van der Waals surface area contributed by atoms with Crippen molar-refractivity contribution < 1.29 is 14.3 Å². The average Bonchev–Trinajstić information content (AvgIpc) is 3.33. The summed E-state index contributed by atoms with van der Waals surface area (Å²) in [5.74, 6) is 0.386. The van der Waals surface area contributed by atoms with Crippen molar-refractivity contribution >= 4 is 16.8 Å². The maximum atomic E-state index is 12.5. The molecule has 0 saturated carbocycles. The molecule has 134 valence electrons. The Morgan fingerprint density at radius 3 is 3.12 bits per heavy atom. The summed E-state index contributed by atoms with van der Waals surface area (Å²) in [6.45, 7) is 2.32. The number of carbonyl (C=O) groups is 1. The molecule has 3 aromatic rings. The number of aromatic nitrogens is 3. The van der Waals surface area contributed by atoms with Gasteiger partial charge in [0, 0.05) is 18.2 Å². The number of hydrogen-bond donors (Lipinski definition) is 2. The van der Waals surface area contributed by atoms with E-state index in [0.717, 1.165) is 23.0 Å². The molecule has 0 bridgehead atoms. The summed E-state index contributed by atoms with van der Waals surface area (Å²) in [5.41, 5.74) is 1.75. The quantitative estimate of drug-likeness (QED) is 0.736. The molecule has 1 saturated heterocycles. The third kappa shape index (κ3) is 3.39. The Bertz CT molecular complexity index is 897. The first-order chi connectivity index (χ1) is 12.7. The van der Waals surface area contributed by atoms with Crippen molar-refractivity contribution in [2.45, 2.75) is 31.6 Å². The van der Waals surface area contributed by atoms with Gasteiger partial charge in [-0.25, -0.2) is 0 Å². The number of nitrogens with one attached hydrogen (secondary N) is 2. The van der Waals surface area contributed by atoms with E-state index in [1.807, 2.05) is 36.4 Å². The van der Waals surface area contributed by atoms with E-state index in [2.05, 4.69) is 20.5 Å². The van der Waals surface area contributed by atoms with Crippen molar-refractivity contribution in [1.29, 1.82) is 0 Å². The summed E-state index contributed by atoms with van der Waals surface area (Å²) >= 11 is 0. The van der Waals surface area contributed by atoms with Gasteiger partial charge in [0.15, 0.2) is 6.10 Å². The molecule has 2 aromatic heterocycles. The number of ether oxygens (including phenoxy) is 2. The Hall–Kier alpha value is -2.93. The minimum atomic E-state index is -0.638. The SMILES string of the molecule is C[C@H](Oc1cnc2ccccc2c1)C(=O)N[C@@H]1CCO[C@H]1c1ccn[nH]1. The second-order valence-corrected chi connectivity index (χ2v) is 6.33. The zero-order chi connectivity index (χ0) is 17.9. The van der Waals surface area contributed by atoms with Gasteiger partial charge in [0.25, 0.3) is 5.91 Å². The first kappa shape index (κ1) is 16.5. The number of H-pyrrole nitrogens is 1. The van der Waals surface area contributed by atoms with Crippen LogP contribution in [0.2, 0.25) is 0 Å². The normalized spacial score (nSPS) is 20.8. The Labute approximate surface area is 150 Å². The average molecular weight is 352 g/mol. The Kier molecular flexibility index (Phi) is 4.53. The number of fused-ring (bicyclic) bond motifs is 1. The van der Waals surface area contributed by atoms with Crippen LogP contribution in [0.15, 0.2) is 48.8 Å². The number of nitrogens with zero attached hydrogens (tertiary/aromatic N) is 2. The monoisotopic (exact) mass is 352 g/mol. The Morgan fingerprint density at radius 1 is 1.38 bits per heavy atom. The lowest BCUT2D eigenvalue weighted by Gasteiger charge is -2.21. The Balaban J connectivity index is 1.40. The fourth-order valence-corrected chi connectivity index (χ4v) is 3.14. The maximum absolute atomic E-state index is 12.5. The third-order valence-corrected chi connectivity index (χ3v) is 4.50. The highest BCUT2D eigenvalue weighted by Crippen LogP contribution is 2.27.